The Morgan fingerprint density at radius 3 is 2.10 bits per heavy atom. The quantitative estimate of drug-likeness (QED) is 0.338. The SMILES string of the molecule is CC(=O)Nc1ccc(-c2oc(C3CCNCC3)nc2C(=O)NCc2cc(C(F)(F)F)cc(C(F)(F)F)c2)cc1. The monoisotopic (exact) mass is 554 g/mol. The molecular formula is C26H24F6N4O3. The molecule has 1 aliphatic rings. The minimum absolute atomic E-state index is 0.0248. The Kier molecular flexibility index (Phi) is 8.00. The number of alkyl halides is 6. The zero-order valence-electron chi connectivity index (χ0n) is 20.6. The van der Waals surface area contributed by atoms with Crippen LogP contribution in [0.2, 0.25) is 0 Å². The van der Waals surface area contributed by atoms with Crippen molar-refractivity contribution in [2.75, 3.05) is 18.4 Å². The van der Waals surface area contributed by atoms with E-state index in [1.54, 1.807) is 24.3 Å². The van der Waals surface area contributed by atoms with Crippen LogP contribution in [0.3, 0.4) is 0 Å². The summed E-state index contributed by atoms with van der Waals surface area (Å²) in [6.07, 6.45) is -8.61. The van der Waals surface area contributed by atoms with E-state index in [4.69, 9.17) is 4.42 Å². The Labute approximate surface area is 219 Å². The van der Waals surface area contributed by atoms with Crippen LogP contribution in [-0.4, -0.2) is 29.9 Å². The van der Waals surface area contributed by atoms with E-state index in [2.05, 4.69) is 20.9 Å². The van der Waals surface area contributed by atoms with Gasteiger partial charge in [0.2, 0.25) is 5.91 Å². The minimum atomic E-state index is -5.01. The van der Waals surface area contributed by atoms with Crippen LogP contribution in [0.25, 0.3) is 11.3 Å². The molecule has 0 atom stereocenters. The lowest BCUT2D eigenvalue weighted by atomic mass is 9.98. The first-order valence-electron chi connectivity index (χ1n) is 12.0. The molecule has 0 unspecified atom stereocenters. The van der Waals surface area contributed by atoms with Gasteiger partial charge in [0.15, 0.2) is 17.3 Å². The van der Waals surface area contributed by atoms with Gasteiger partial charge in [0, 0.05) is 30.6 Å². The normalized spacial score (nSPS) is 14.7. The van der Waals surface area contributed by atoms with E-state index in [0.29, 0.717) is 55.2 Å². The average Bonchev–Trinajstić information content (AvgIpc) is 3.32. The fraction of sp³-hybridized carbons (Fsp3) is 0.346. The van der Waals surface area contributed by atoms with Gasteiger partial charge in [-0.15, -0.1) is 0 Å². The number of halogens is 6. The van der Waals surface area contributed by atoms with Crippen molar-refractivity contribution in [1.82, 2.24) is 15.6 Å². The second kappa shape index (κ2) is 11.1. The van der Waals surface area contributed by atoms with Crippen molar-refractivity contribution in [2.45, 2.75) is 44.6 Å². The summed E-state index contributed by atoms with van der Waals surface area (Å²) in [7, 11) is 0. The molecule has 2 amide bonds. The molecule has 208 valence electrons. The van der Waals surface area contributed by atoms with Gasteiger partial charge in [-0.1, -0.05) is 0 Å². The first-order chi connectivity index (χ1) is 18.3. The number of amides is 2. The summed E-state index contributed by atoms with van der Waals surface area (Å²) in [5.74, 6) is -0.788. The number of carbonyl (C=O) groups is 2. The van der Waals surface area contributed by atoms with Gasteiger partial charge in [0.25, 0.3) is 5.91 Å². The van der Waals surface area contributed by atoms with Crippen LogP contribution < -0.4 is 16.0 Å². The zero-order valence-corrected chi connectivity index (χ0v) is 20.6. The number of benzene rings is 2. The molecule has 0 saturated carbocycles. The molecule has 1 aliphatic heterocycles. The Balaban J connectivity index is 1.63. The van der Waals surface area contributed by atoms with Crippen molar-refractivity contribution in [2.24, 2.45) is 0 Å². The predicted molar refractivity (Wildman–Crippen MR) is 129 cm³/mol. The molecular weight excluding hydrogens is 530 g/mol. The van der Waals surface area contributed by atoms with Crippen LogP contribution in [0, 0.1) is 0 Å². The third-order valence-corrected chi connectivity index (χ3v) is 6.12. The summed E-state index contributed by atoms with van der Waals surface area (Å²) in [6, 6.07) is 7.51. The number of piperidine rings is 1. The van der Waals surface area contributed by atoms with Gasteiger partial charge in [0.05, 0.1) is 11.1 Å². The predicted octanol–water partition coefficient (Wildman–Crippen LogP) is 5.73. The third kappa shape index (κ3) is 6.96. The highest BCUT2D eigenvalue weighted by Gasteiger charge is 2.37. The fourth-order valence-corrected chi connectivity index (χ4v) is 4.23. The molecule has 1 fully saturated rings. The number of aromatic nitrogens is 1. The molecule has 3 N–H and O–H groups in total. The van der Waals surface area contributed by atoms with Crippen LogP contribution in [0.4, 0.5) is 32.0 Å². The van der Waals surface area contributed by atoms with E-state index in [9.17, 15) is 35.9 Å². The molecule has 2 aromatic carbocycles. The summed E-state index contributed by atoms with van der Waals surface area (Å²) in [5.41, 5.74) is -2.54. The number of carbonyl (C=O) groups excluding carboxylic acids is 2. The molecule has 0 bridgehead atoms. The zero-order chi connectivity index (χ0) is 28.4. The van der Waals surface area contributed by atoms with Crippen molar-refractivity contribution in [3.05, 3.63) is 70.7 Å². The van der Waals surface area contributed by atoms with E-state index in [1.807, 2.05) is 0 Å². The van der Waals surface area contributed by atoms with Crippen LogP contribution >= 0.6 is 0 Å². The Morgan fingerprint density at radius 1 is 0.974 bits per heavy atom. The number of hydrogen-bond acceptors (Lipinski definition) is 5. The van der Waals surface area contributed by atoms with E-state index in [-0.39, 0.29) is 34.9 Å². The molecule has 0 spiro atoms. The van der Waals surface area contributed by atoms with Gasteiger partial charge < -0.3 is 20.4 Å². The molecule has 1 aromatic heterocycles. The summed E-state index contributed by atoms with van der Waals surface area (Å²) in [5, 5.41) is 8.19. The van der Waals surface area contributed by atoms with Crippen LogP contribution in [-0.2, 0) is 23.7 Å². The van der Waals surface area contributed by atoms with Crippen molar-refractivity contribution in [1.29, 1.82) is 0 Å². The van der Waals surface area contributed by atoms with Crippen molar-refractivity contribution < 1.29 is 40.3 Å². The van der Waals surface area contributed by atoms with Gasteiger partial charge in [-0.2, -0.15) is 26.3 Å². The number of rotatable bonds is 6. The highest BCUT2D eigenvalue weighted by molar-refractivity contribution is 5.98. The summed E-state index contributed by atoms with van der Waals surface area (Å²) in [6.45, 7) is 2.17. The minimum Gasteiger partial charge on any atom is -0.440 e. The summed E-state index contributed by atoms with van der Waals surface area (Å²) >= 11 is 0. The second-order valence-electron chi connectivity index (χ2n) is 9.11. The maximum atomic E-state index is 13.2. The summed E-state index contributed by atoms with van der Waals surface area (Å²) < 4.78 is 85.3. The van der Waals surface area contributed by atoms with Gasteiger partial charge >= 0.3 is 12.4 Å². The number of anilines is 1. The third-order valence-electron chi connectivity index (χ3n) is 6.12. The maximum absolute atomic E-state index is 13.2. The van der Waals surface area contributed by atoms with E-state index in [0.717, 1.165) is 0 Å². The van der Waals surface area contributed by atoms with Crippen molar-refractivity contribution >= 4 is 17.5 Å². The largest absolute Gasteiger partial charge is 0.440 e. The van der Waals surface area contributed by atoms with Crippen molar-refractivity contribution in [3.8, 4) is 11.3 Å². The first-order valence-corrected chi connectivity index (χ1v) is 12.0. The first kappa shape index (κ1) is 28.1. The summed E-state index contributed by atoms with van der Waals surface area (Å²) in [4.78, 5) is 28.8. The number of hydrogen-bond donors (Lipinski definition) is 3. The smallest absolute Gasteiger partial charge is 0.416 e. The van der Waals surface area contributed by atoms with Gasteiger partial charge in [-0.25, -0.2) is 4.98 Å². The number of nitrogens with zero attached hydrogens (tertiary/aromatic N) is 1. The highest BCUT2D eigenvalue weighted by Crippen LogP contribution is 2.37. The number of nitrogens with one attached hydrogen (secondary N) is 3. The fourth-order valence-electron chi connectivity index (χ4n) is 4.23. The topological polar surface area (TPSA) is 96.3 Å². The number of oxazole rings is 1. The lowest BCUT2D eigenvalue weighted by molar-refractivity contribution is -0.143. The van der Waals surface area contributed by atoms with Crippen LogP contribution in [0.1, 0.15) is 58.8 Å². The molecule has 39 heavy (non-hydrogen) atoms. The molecule has 2 heterocycles. The molecule has 0 radical (unpaired) electrons. The Bertz CT molecular complexity index is 1310. The highest BCUT2D eigenvalue weighted by atomic mass is 19.4. The lowest BCUT2D eigenvalue weighted by Gasteiger charge is -2.19. The maximum Gasteiger partial charge on any atom is 0.416 e. The molecule has 7 nitrogen and oxygen atoms in total. The van der Waals surface area contributed by atoms with Crippen LogP contribution in [0.5, 0.6) is 0 Å². The molecule has 3 aromatic rings. The van der Waals surface area contributed by atoms with Gasteiger partial charge in [0.1, 0.15) is 0 Å². The molecule has 1 saturated heterocycles. The van der Waals surface area contributed by atoms with E-state index >= 15 is 0 Å². The van der Waals surface area contributed by atoms with Crippen molar-refractivity contribution in [3.63, 3.8) is 0 Å². The average molecular weight is 554 g/mol. The van der Waals surface area contributed by atoms with Gasteiger partial charge in [-0.05, 0) is 74.0 Å². The molecule has 4 rings (SSSR count). The van der Waals surface area contributed by atoms with Crippen LogP contribution in [0.15, 0.2) is 46.9 Å². The Hall–Kier alpha value is -3.87. The lowest BCUT2D eigenvalue weighted by Crippen LogP contribution is -2.27. The standard InChI is InChI=1S/C26H24F6N4O3/c1-14(37)35-20-4-2-16(3-5-20)22-21(36-24(39-22)17-6-8-33-9-7-17)23(38)34-13-15-10-18(25(27,28)29)12-19(11-15)26(30,31)32/h2-5,10-12,17,33H,6-9,13H2,1H3,(H,34,38)(H,35,37). The molecule has 0 aliphatic carbocycles. The Morgan fingerprint density at radius 2 is 1.56 bits per heavy atom. The van der Waals surface area contributed by atoms with Gasteiger partial charge in [-0.3, -0.25) is 9.59 Å². The molecule has 13 heteroatoms. The second-order valence-corrected chi connectivity index (χ2v) is 9.11. The van der Waals surface area contributed by atoms with E-state index < -0.39 is 35.9 Å². The van der Waals surface area contributed by atoms with E-state index in [1.165, 1.54) is 6.92 Å².